The molecule has 1 aliphatic heterocycles. The summed E-state index contributed by atoms with van der Waals surface area (Å²) in [5, 5.41) is 8.05. The second-order valence-corrected chi connectivity index (χ2v) is 6.70. The van der Waals surface area contributed by atoms with Crippen molar-refractivity contribution in [3.05, 3.63) is 70.8 Å². The topological polar surface area (TPSA) is 54.2 Å². The van der Waals surface area contributed by atoms with Gasteiger partial charge in [0.05, 0.1) is 6.54 Å². The molecule has 0 aliphatic carbocycles. The predicted molar refractivity (Wildman–Crippen MR) is 97.2 cm³/mol. The lowest BCUT2D eigenvalue weighted by Gasteiger charge is -2.35. The number of benzene rings is 2. The fourth-order valence-corrected chi connectivity index (χ4v) is 3.41. The first-order valence-electron chi connectivity index (χ1n) is 8.48. The summed E-state index contributed by atoms with van der Waals surface area (Å²) in [4.78, 5) is 6.71. The molecule has 1 atom stereocenters. The Hall–Kier alpha value is -2.28. The number of aromatic nitrogens is 2. The third-order valence-electron chi connectivity index (χ3n) is 4.48. The number of piperazine rings is 1. The molecule has 0 radical (unpaired) electrons. The fourth-order valence-electron chi connectivity index (χ4n) is 3.22. The average Bonchev–Trinajstić information content (AvgIpc) is 3.11. The molecular weight excluding hydrogens is 355 g/mol. The van der Waals surface area contributed by atoms with E-state index in [1.807, 2.05) is 18.2 Å². The van der Waals surface area contributed by atoms with Gasteiger partial charge in [0.2, 0.25) is 11.7 Å². The summed E-state index contributed by atoms with van der Waals surface area (Å²) in [5.41, 5.74) is 1.75. The molecule has 1 aromatic heterocycles. The van der Waals surface area contributed by atoms with E-state index in [0.29, 0.717) is 23.3 Å². The quantitative estimate of drug-likeness (QED) is 0.757. The monoisotopic (exact) mass is 372 g/mol. The van der Waals surface area contributed by atoms with Crippen molar-refractivity contribution in [3.63, 3.8) is 0 Å². The molecule has 1 aliphatic rings. The molecule has 1 unspecified atom stereocenters. The number of halogens is 2. The highest BCUT2D eigenvalue weighted by molar-refractivity contribution is 6.30. The van der Waals surface area contributed by atoms with E-state index >= 15 is 0 Å². The zero-order chi connectivity index (χ0) is 17.9. The summed E-state index contributed by atoms with van der Waals surface area (Å²) in [6.45, 7) is 2.94. The molecular formula is C19H18ClFN4O. The number of rotatable bonds is 4. The minimum atomic E-state index is -0.228. The van der Waals surface area contributed by atoms with Crippen LogP contribution >= 0.6 is 11.6 Å². The van der Waals surface area contributed by atoms with Gasteiger partial charge in [-0.1, -0.05) is 41.0 Å². The van der Waals surface area contributed by atoms with Gasteiger partial charge in [0.25, 0.3) is 0 Å². The summed E-state index contributed by atoms with van der Waals surface area (Å²) >= 11 is 6.02. The van der Waals surface area contributed by atoms with Crippen molar-refractivity contribution in [3.8, 4) is 11.4 Å². The first kappa shape index (κ1) is 17.1. The Kier molecular flexibility index (Phi) is 4.97. The molecule has 0 spiro atoms. The van der Waals surface area contributed by atoms with Crippen LogP contribution in [0.4, 0.5) is 4.39 Å². The van der Waals surface area contributed by atoms with Crippen LogP contribution in [0.15, 0.2) is 53.1 Å². The first-order valence-corrected chi connectivity index (χ1v) is 8.85. The second-order valence-electron chi connectivity index (χ2n) is 6.27. The molecule has 0 bridgehead atoms. The molecule has 7 heteroatoms. The second kappa shape index (κ2) is 7.53. The molecule has 134 valence electrons. The molecule has 3 aromatic rings. The summed E-state index contributed by atoms with van der Waals surface area (Å²) in [6, 6.07) is 14.1. The van der Waals surface area contributed by atoms with Crippen LogP contribution < -0.4 is 5.32 Å². The number of nitrogens with one attached hydrogen (secondary N) is 1. The van der Waals surface area contributed by atoms with Crippen LogP contribution in [0.25, 0.3) is 11.4 Å². The Balaban J connectivity index is 1.54. The van der Waals surface area contributed by atoms with Crippen molar-refractivity contribution in [2.45, 2.75) is 12.6 Å². The number of hydrogen-bond donors (Lipinski definition) is 1. The van der Waals surface area contributed by atoms with Crippen molar-refractivity contribution in [1.82, 2.24) is 20.4 Å². The molecule has 4 rings (SSSR count). The summed E-state index contributed by atoms with van der Waals surface area (Å²) < 4.78 is 19.0. The molecule has 0 saturated carbocycles. The van der Waals surface area contributed by atoms with Crippen LogP contribution in [-0.4, -0.2) is 34.7 Å². The van der Waals surface area contributed by atoms with Gasteiger partial charge in [-0.3, -0.25) is 4.90 Å². The highest BCUT2D eigenvalue weighted by Gasteiger charge is 2.26. The van der Waals surface area contributed by atoms with Gasteiger partial charge in [0.15, 0.2) is 0 Å². The third kappa shape index (κ3) is 3.77. The van der Waals surface area contributed by atoms with Crippen molar-refractivity contribution < 1.29 is 8.91 Å². The van der Waals surface area contributed by atoms with Gasteiger partial charge >= 0.3 is 0 Å². The van der Waals surface area contributed by atoms with Gasteiger partial charge in [0.1, 0.15) is 5.82 Å². The van der Waals surface area contributed by atoms with Crippen molar-refractivity contribution >= 4 is 11.6 Å². The van der Waals surface area contributed by atoms with Crippen LogP contribution in [0.5, 0.6) is 0 Å². The fraction of sp³-hybridized carbons (Fsp3) is 0.263. The first-order chi connectivity index (χ1) is 12.7. The molecule has 2 aromatic carbocycles. The van der Waals surface area contributed by atoms with E-state index in [1.165, 1.54) is 6.07 Å². The van der Waals surface area contributed by atoms with E-state index in [1.54, 1.807) is 24.3 Å². The SMILES string of the molecule is Fc1cccc(C2CNCCN2Cc2nc(-c3cccc(Cl)c3)no2)c1. The lowest BCUT2D eigenvalue weighted by Crippen LogP contribution is -2.45. The van der Waals surface area contributed by atoms with E-state index in [9.17, 15) is 4.39 Å². The van der Waals surface area contributed by atoms with E-state index in [-0.39, 0.29) is 11.9 Å². The highest BCUT2D eigenvalue weighted by Crippen LogP contribution is 2.25. The van der Waals surface area contributed by atoms with Gasteiger partial charge in [-0.2, -0.15) is 4.98 Å². The zero-order valence-corrected chi connectivity index (χ0v) is 14.8. The molecule has 1 fully saturated rings. The maximum atomic E-state index is 13.6. The maximum absolute atomic E-state index is 13.6. The van der Waals surface area contributed by atoms with Crippen LogP contribution in [-0.2, 0) is 6.54 Å². The van der Waals surface area contributed by atoms with E-state index in [2.05, 4.69) is 20.4 Å². The molecule has 0 amide bonds. The van der Waals surface area contributed by atoms with E-state index < -0.39 is 0 Å². The van der Waals surface area contributed by atoms with E-state index in [0.717, 1.165) is 30.8 Å². The summed E-state index contributed by atoms with van der Waals surface area (Å²) in [6.07, 6.45) is 0. The molecule has 5 nitrogen and oxygen atoms in total. The van der Waals surface area contributed by atoms with Crippen LogP contribution in [0.3, 0.4) is 0 Å². The smallest absolute Gasteiger partial charge is 0.241 e. The lowest BCUT2D eigenvalue weighted by molar-refractivity contribution is 0.135. The predicted octanol–water partition coefficient (Wildman–Crippen LogP) is 3.68. The Morgan fingerprint density at radius 1 is 1.23 bits per heavy atom. The lowest BCUT2D eigenvalue weighted by atomic mass is 10.0. The zero-order valence-electron chi connectivity index (χ0n) is 14.0. The highest BCUT2D eigenvalue weighted by atomic mass is 35.5. The van der Waals surface area contributed by atoms with Crippen LogP contribution in [0.1, 0.15) is 17.5 Å². The largest absolute Gasteiger partial charge is 0.338 e. The van der Waals surface area contributed by atoms with E-state index in [4.69, 9.17) is 16.1 Å². The van der Waals surface area contributed by atoms with Crippen LogP contribution in [0, 0.1) is 5.82 Å². The Bertz CT molecular complexity index is 901. The summed E-state index contributed by atoms with van der Waals surface area (Å²) in [5.74, 6) is 0.817. The molecule has 26 heavy (non-hydrogen) atoms. The average molecular weight is 373 g/mol. The molecule has 1 N–H and O–H groups in total. The maximum Gasteiger partial charge on any atom is 0.241 e. The minimum absolute atomic E-state index is 0.0565. The van der Waals surface area contributed by atoms with Gasteiger partial charge < -0.3 is 9.84 Å². The van der Waals surface area contributed by atoms with Crippen molar-refractivity contribution in [1.29, 1.82) is 0 Å². The number of nitrogens with zero attached hydrogens (tertiary/aromatic N) is 3. The van der Waals surface area contributed by atoms with Gasteiger partial charge in [0, 0.05) is 36.3 Å². The summed E-state index contributed by atoms with van der Waals surface area (Å²) in [7, 11) is 0. The van der Waals surface area contributed by atoms with Crippen molar-refractivity contribution in [2.75, 3.05) is 19.6 Å². The van der Waals surface area contributed by atoms with Gasteiger partial charge in [-0.05, 0) is 29.8 Å². The normalized spacial score (nSPS) is 18.2. The van der Waals surface area contributed by atoms with Crippen LogP contribution in [0.2, 0.25) is 5.02 Å². The Morgan fingerprint density at radius 2 is 2.12 bits per heavy atom. The van der Waals surface area contributed by atoms with Crippen molar-refractivity contribution in [2.24, 2.45) is 0 Å². The third-order valence-corrected chi connectivity index (χ3v) is 4.71. The number of hydrogen-bond acceptors (Lipinski definition) is 5. The minimum Gasteiger partial charge on any atom is -0.338 e. The standard InChI is InChI=1S/C19H18ClFN4O/c20-15-5-1-4-14(9-15)19-23-18(26-24-19)12-25-8-7-22-11-17(25)13-3-2-6-16(21)10-13/h1-6,9-10,17,22H,7-8,11-12H2. The molecule has 2 heterocycles. The van der Waals surface area contributed by atoms with Gasteiger partial charge in [-0.15, -0.1) is 0 Å². The van der Waals surface area contributed by atoms with Gasteiger partial charge in [-0.25, -0.2) is 4.39 Å². The Morgan fingerprint density at radius 3 is 2.96 bits per heavy atom. The molecule has 1 saturated heterocycles. The Labute approximate surface area is 155 Å².